The minimum absolute atomic E-state index is 0.0732. The molecule has 0 amide bonds. The maximum atomic E-state index is 13.2. The fourth-order valence-electron chi connectivity index (χ4n) is 2.96. The molecule has 0 aromatic heterocycles. The van der Waals surface area contributed by atoms with Gasteiger partial charge in [0, 0.05) is 16.5 Å². The molecule has 0 unspecified atom stereocenters. The molecule has 31 heavy (non-hydrogen) atoms. The molecule has 0 radical (unpaired) electrons. The Hall–Kier alpha value is -2.72. The maximum Gasteiger partial charge on any atom is 0.219 e. The van der Waals surface area contributed by atoms with Gasteiger partial charge in [-0.2, -0.15) is 5.26 Å². The van der Waals surface area contributed by atoms with Gasteiger partial charge < -0.3 is 5.32 Å². The molecule has 0 atom stereocenters. The first-order valence-corrected chi connectivity index (χ1v) is 12.3. The molecule has 3 aromatic rings. The van der Waals surface area contributed by atoms with E-state index in [0.29, 0.717) is 16.5 Å². The van der Waals surface area contributed by atoms with E-state index in [-0.39, 0.29) is 14.8 Å². The maximum absolute atomic E-state index is 13.2. The van der Waals surface area contributed by atoms with Crippen molar-refractivity contribution >= 4 is 38.9 Å². The molecule has 0 heterocycles. The van der Waals surface area contributed by atoms with Crippen LogP contribution in [0.15, 0.2) is 87.6 Å². The predicted octanol–water partition coefficient (Wildman–Crippen LogP) is 6.47. The molecule has 3 rings (SSSR count). The minimum Gasteiger partial charge on any atom is -0.348 e. The van der Waals surface area contributed by atoms with E-state index in [4.69, 9.17) is 11.6 Å². The van der Waals surface area contributed by atoms with E-state index in [2.05, 4.69) is 11.4 Å². The molecule has 1 N–H and O–H groups in total. The van der Waals surface area contributed by atoms with Crippen LogP contribution < -0.4 is 5.32 Å². The molecular formula is C24H21ClN2O2S2. The average molecular weight is 469 g/mol. The second-order valence-electron chi connectivity index (χ2n) is 6.94. The van der Waals surface area contributed by atoms with E-state index >= 15 is 0 Å². The van der Waals surface area contributed by atoms with E-state index in [0.717, 1.165) is 16.7 Å². The molecule has 158 valence electrons. The molecule has 0 saturated carbocycles. The van der Waals surface area contributed by atoms with Crippen LogP contribution in [0.4, 0.5) is 5.69 Å². The first-order chi connectivity index (χ1) is 14.8. The van der Waals surface area contributed by atoms with Crippen LogP contribution in [0.1, 0.15) is 16.7 Å². The number of rotatable bonds is 7. The quantitative estimate of drug-likeness (QED) is 0.402. The van der Waals surface area contributed by atoms with Gasteiger partial charge in [-0.25, -0.2) is 8.42 Å². The molecule has 0 aliphatic heterocycles. The first-order valence-electron chi connectivity index (χ1n) is 9.47. The molecule has 0 fully saturated rings. The van der Waals surface area contributed by atoms with Crippen molar-refractivity contribution < 1.29 is 8.42 Å². The van der Waals surface area contributed by atoms with Gasteiger partial charge in [-0.3, -0.25) is 0 Å². The molecule has 0 saturated heterocycles. The summed E-state index contributed by atoms with van der Waals surface area (Å²) in [5.74, 6) is 0.504. The van der Waals surface area contributed by atoms with Crippen molar-refractivity contribution in [3.05, 3.63) is 104 Å². The summed E-state index contributed by atoms with van der Waals surface area (Å²) in [6, 6.07) is 22.9. The van der Waals surface area contributed by atoms with E-state index in [1.807, 2.05) is 32.0 Å². The number of nitrogens with zero attached hydrogens (tertiary/aromatic N) is 1. The monoisotopic (exact) mass is 468 g/mol. The van der Waals surface area contributed by atoms with Crippen LogP contribution in [0.2, 0.25) is 5.02 Å². The van der Waals surface area contributed by atoms with Crippen LogP contribution in [0, 0.1) is 25.2 Å². The van der Waals surface area contributed by atoms with Crippen LogP contribution in [0.25, 0.3) is 0 Å². The summed E-state index contributed by atoms with van der Waals surface area (Å²) in [6.07, 6.45) is 0. The third-order valence-electron chi connectivity index (χ3n) is 4.58. The van der Waals surface area contributed by atoms with Crippen LogP contribution in [-0.2, 0) is 15.6 Å². The Labute approximate surface area is 192 Å². The summed E-state index contributed by atoms with van der Waals surface area (Å²) in [4.78, 5) is -0.252. The lowest BCUT2D eigenvalue weighted by Gasteiger charge is -2.15. The van der Waals surface area contributed by atoms with Gasteiger partial charge in [0.15, 0.2) is 4.91 Å². The summed E-state index contributed by atoms with van der Waals surface area (Å²) in [6.45, 7) is 4.04. The van der Waals surface area contributed by atoms with E-state index < -0.39 is 9.84 Å². The number of sulfone groups is 1. The normalized spacial score (nSPS) is 12.1. The lowest BCUT2D eigenvalue weighted by atomic mass is 10.1. The third kappa shape index (κ3) is 5.71. The molecular weight excluding hydrogens is 448 g/mol. The van der Waals surface area contributed by atoms with Crippen molar-refractivity contribution in [2.75, 3.05) is 5.32 Å². The van der Waals surface area contributed by atoms with Crippen LogP contribution in [0.5, 0.6) is 0 Å². The Balaban J connectivity index is 2.05. The summed E-state index contributed by atoms with van der Waals surface area (Å²) >= 11 is 7.36. The first kappa shape index (κ1) is 23.0. The number of halogens is 1. The topological polar surface area (TPSA) is 70.0 Å². The number of nitriles is 1. The highest BCUT2D eigenvalue weighted by atomic mass is 35.5. The second kappa shape index (κ2) is 10.1. The minimum atomic E-state index is -4.00. The number of benzene rings is 3. The fraction of sp³-hybridized carbons (Fsp3) is 0.125. The Morgan fingerprint density at radius 3 is 2.42 bits per heavy atom. The second-order valence-corrected chi connectivity index (χ2v) is 10.2. The van der Waals surface area contributed by atoms with Crippen molar-refractivity contribution in [2.45, 2.75) is 24.5 Å². The van der Waals surface area contributed by atoms with Crippen molar-refractivity contribution in [3.63, 3.8) is 0 Å². The number of anilines is 1. The number of nitrogens with one attached hydrogen (secondary N) is 1. The van der Waals surface area contributed by atoms with Gasteiger partial charge in [0.25, 0.3) is 0 Å². The number of aryl methyl sites for hydroxylation is 2. The molecule has 3 aromatic carbocycles. The molecule has 7 heteroatoms. The van der Waals surface area contributed by atoms with Gasteiger partial charge in [-0.1, -0.05) is 59.6 Å². The number of hydrogen-bond donors (Lipinski definition) is 1. The Morgan fingerprint density at radius 2 is 1.77 bits per heavy atom. The van der Waals surface area contributed by atoms with Crippen molar-refractivity contribution in [1.29, 1.82) is 5.26 Å². The summed E-state index contributed by atoms with van der Waals surface area (Å²) < 4.78 is 26.5. The Kier molecular flexibility index (Phi) is 7.45. The van der Waals surface area contributed by atoms with Crippen LogP contribution >= 0.6 is 23.4 Å². The molecule has 0 aliphatic rings. The van der Waals surface area contributed by atoms with Gasteiger partial charge in [-0.05, 0) is 55.3 Å². The number of thioether (sulfide) groups is 1. The molecule has 0 spiro atoms. The highest BCUT2D eigenvalue weighted by Gasteiger charge is 2.25. The Bertz CT molecular complexity index is 1260. The van der Waals surface area contributed by atoms with Gasteiger partial charge in [-0.15, -0.1) is 11.8 Å². The highest BCUT2D eigenvalue weighted by Crippen LogP contribution is 2.32. The SMILES string of the molecule is Cc1ccc(CSC(Nc2cccc(Cl)c2)=C(C#N)S(=O)(=O)c2ccccc2)c(C)c1. The zero-order valence-electron chi connectivity index (χ0n) is 17.1. The van der Waals surface area contributed by atoms with Crippen LogP contribution in [0.3, 0.4) is 0 Å². The largest absolute Gasteiger partial charge is 0.348 e. The van der Waals surface area contributed by atoms with Gasteiger partial charge in [0.05, 0.1) is 4.90 Å². The standard InChI is InChI=1S/C24H21ClN2O2S2/c1-17-11-12-19(18(2)13-17)16-30-24(27-21-8-6-7-20(25)14-21)23(15-26)31(28,29)22-9-4-3-5-10-22/h3-14,27H,16H2,1-2H3. The molecule has 0 aliphatic carbocycles. The van der Waals surface area contributed by atoms with Gasteiger partial charge in [0.2, 0.25) is 9.84 Å². The van der Waals surface area contributed by atoms with E-state index in [1.54, 1.807) is 42.5 Å². The number of hydrogen-bond acceptors (Lipinski definition) is 5. The summed E-state index contributed by atoms with van der Waals surface area (Å²) in [7, 11) is -4.00. The Morgan fingerprint density at radius 1 is 1.03 bits per heavy atom. The lowest BCUT2D eigenvalue weighted by molar-refractivity contribution is 0.603. The van der Waals surface area contributed by atoms with Crippen LogP contribution in [-0.4, -0.2) is 8.42 Å². The van der Waals surface area contributed by atoms with E-state index in [9.17, 15) is 13.7 Å². The number of allylic oxidation sites excluding steroid dienone is 1. The van der Waals surface area contributed by atoms with Gasteiger partial charge >= 0.3 is 0 Å². The fourth-order valence-corrected chi connectivity index (χ4v) is 5.82. The zero-order valence-corrected chi connectivity index (χ0v) is 19.5. The third-order valence-corrected chi connectivity index (χ3v) is 7.72. The zero-order chi connectivity index (χ0) is 22.4. The van der Waals surface area contributed by atoms with E-state index in [1.165, 1.54) is 23.9 Å². The summed E-state index contributed by atoms with van der Waals surface area (Å²) in [5, 5.41) is 13.7. The van der Waals surface area contributed by atoms with Crippen molar-refractivity contribution in [2.24, 2.45) is 0 Å². The smallest absolute Gasteiger partial charge is 0.219 e. The summed E-state index contributed by atoms with van der Waals surface area (Å²) in [5.41, 5.74) is 3.93. The predicted molar refractivity (Wildman–Crippen MR) is 129 cm³/mol. The highest BCUT2D eigenvalue weighted by molar-refractivity contribution is 8.04. The van der Waals surface area contributed by atoms with Gasteiger partial charge in [0.1, 0.15) is 11.1 Å². The average Bonchev–Trinajstić information content (AvgIpc) is 2.74. The van der Waals surface area contributed by atoms with Crippen molar-refractivity contribution in [1.82, 2.24) is 0 Å². The lowest BCUT2D eigenvalue weighted by Crippen LogP contribution is -2.10. The molecule has 0 bridgehead atoms. The molecule has 4 nitrogen and oxygen atoms in total. The van der Waals surface area contributed by atoms with Crippen molar-refractivity contribution in [3.8, 4) is 6.07 Å².